The average Bonchev–Trinajstić information content (AvgIpc) is 2.58. The Labute approximate surface area is 101 Å². The molecular formula is C9H14F3NO5. The maximum absolute atomic E-state index is 11.0. The van der Waals surface area contributed by atoms with Crippen LogP contribution in [0.3, 0.4) is 0 Å². The number of ether oxygens (including phenoxy) is 1. The summed E-state index contributed by atoms with van der Waals surface area (Å²) < 4.78 is 36.3. The van der Waals surface area contributed by atoms with Crippen LogP contribution in [0.15, 0.2) is 0 Å². The van der Waals surface area contributed by atoms with Gasteiger partial charge in [0, 0.05) is 12.5 Å². The maximum Gasteiger partial charge on any atom is 0.490 e. The molecule has 3 N–H and O–H groups in total. The average molecular weight is 273 g/mol. The third-order valence-corrected chi connectivity index (χ3v) is 2.38. The molecule has 0 aliphatic carbocycles. The molecule has 0 amide bonds. The smallest absolute Gasteiger partial charge is 0.475 e. The molecule has 0 spiro atoms. The van der Waals surface area contributed by atoms with Crippen LogP contribution in [-0.4, -0.2) is 54.1 Å². The van der Waals surface area contributed by atoms with Crippen molar-refractivity contribution < 1.29 is 37.7 Å². The standard InChI is InChI=1S/C7H13NO3.C2HF3O2/c1-4-5(9)3-8-6(4)7(10)11-2;3-2(4,5)1(6)7/h4-6,8-9H,3H2,1-2H3;(H,6,7)/t4?,5-,6-;/m0./s1. The van der Waals surface area contributed by atoms with Gasteiger partial charge in [-0.1, -0.05) is 6.92 Å². The van der Waals surface area contributed by atoms with Crippen LogP contribution < -0.4 is 5.32 Å². The molecule has 0 aromatic carbocycles. The van der Waals surface area contributed by atoms with Gasteiger partial charge in [0.15, 0.2) is 0 Å². The van der Waals surface area contributed by atoms with Crippen molar-refractivity contribution in [2.24, 2.45) is 5.92 Å². The van der Waals surface area contributed by atoms with Gasteiger partial charge in [-0.05, 0) is 0 Å². The number of carboxylic acids is 1. The van der Waals surface area contributed by atoms with Crippen molar-refractivity contribution in [1.82, 2.24) is 5.32 Å². The molecule has 1 heterocycles. The van der Waals surface area contributed by atoms with E-state index in [1.54, 1.807) is 0 Å². The molecule has 3 atom stereocenters. The number of β-amino-alcohol motifs (C(OH)–C–C–N with tert-alkyl or cyclic N) is 1. The van der Waals surface area contributed by atoms with E-state index < -0.39 is 18.2 Å². The second-order valence-corrected chi connectivity index (χ2v) is 3.64. The molecule has 1 saturated heterocycles. The minimum Gasteiger partial charge on any atom is -0.475 e. The van der Waals surface area contributed by atoms with Crippen molar-refractivity contribution >= 4 is 11.9 Å². The number of halogens is 3. The van der Waals surface area contributed by atoms with Crippen LogP contribution in [0.2, 0.25) is 0 Å². The molecule has 9 heteroatoms. The van der Waals surface area contributed by atoms with Crippen molar-refractivity contribution in [2.75, 3.05) is 13.7 Å². The molecule has 1 aliphatic rings. The Morgan fingerprint density at radius 3 is 2.06 bits per heavy atom. The SMILES string of the molecule is COC(=O)[C@H]1NC[C@H](O)C1C.O=C(O)C(F)(F)F. The van der Waals surface area contributed by atoms with E-state index in [1.807, 2.05) is 6.92 Å². The van der Waals surface area contributed by atoms with Crippen LogP contribution in [0, 0.1) is 5.92 Å². The topological polar surface area (TPSA) is 95.9 Å². The summed E-state index contributed by atoms with van der Waals surface area (Å²) in [6.45, 7) is 2.30. The third-order valence-electron chi connectivity index (χ3n) is 2.38. The van der Waals surface area contributed by atoms with Gasteiger partial charge in [-0.25, -0.2) is 4.79 Å². The normalized spacial score (nSPS) is 27.1. The minimum absolute atomic E-state index is 0.0533. The number of nitrogens with one attached hydrogen (secondary N) is 1. The number of methoxy groups -OCH3 is 1. The fourth-order valence-electron chi connectivity index (χ4n) is 1.27. The Kier molecular flexibility index (Phi) is 6.06. The second-order valence-electron chi connectivity index (χ2n) is 3.64. The Balaban J connectivity index is 0.000000360. The van der Waals surface area contributed by atoms with Crippen LogP contribution in [0.25, 0.3) is 0 Å². The first-order chi connectivity index (χ1) is 8.11. The molecule has 0 bridgehead atoms. The Bertz CT molecular complexity index is 307. The fourth-order valence-corrected chi connectivity index (χ4v) is 1.27. The number of aliphatic hydroxyl groups excluding tert-OH is 1. The highest BCUT2D eigenvalue weighted by Crippen LogP contribution is 2.15. The highest BCUT2D eigenvalue weighted by molar-refractivity contribution is 5.76. The van der Waals surface area contributed by atoms with Gasteiger partial charge in [0.2, 0.25) is 0 Å². The lowest BCUT2D eigenvalue weighted by Gasteiger charge is -2.13. The van der Waals surface area contributed by atoms with Gasteiger partial charge >= 0.3 is 18.1 Å². The van der Waals surface area contributed by atoms with Gasteiger partial charge in [0.05, 0.1) is 13.2 Å². The van der Waals surface area contributed by atoms with E-state index in [2.05, 4.69) is 10.1 Å². The lowest BCUT2D eigenvalue weighted by Crippen LogP contribution is -2.36. The number of rotatable bonds is 1. The predicted octanol–water partition coefficient (Wildman–Crippen LogP) is -0.238. The molecule has 106 valence electrons. The fraction of sp³-hybridized carbons (Fsp3) is 0.778. The zero-order valence-electron chi connectivity index (χ0n) is 9.69. The summed E-state index contributed by atoms with van der Waals surface area (Å²) in [7, 11) is 1.35. The summed E-state index contributed by atoms with van der Waals surface area (Å²) in [5.74, 6) is -3.11. The lowest BCUT2D eigenvalue weighted by atomic mass is 10.0. The van der Waals surface area contributed by atoms with Gasteiger partial charge in [-0.15, -0.1) is 0 Å². The lowest BCUT2D eigenvalue weighted by molar-refractivity contribution is -0.192. The van der Waals surface area contributed by atoms with Crippen LogP contribution in [0.1, 0.15) is 6.92 Å². The van der Waals surface area contributed by atoms with Crippen LogP contribution in [0.4, 0.5) is 13.2 Å². The largest absolute Gasteiger partial charge is 0.490 e. The molecule has 1 unspecified atom stereocenters. The Morgan fingerprint density at radius 1 is 1.39 bits per heavy atom. The molecule has 0 aromatic rings. The number of esters is 1. The molecule has 18 heavy (non-hydrogen) atoms. The Morgan fingerprint density at radius 2 is 1.83 bits per heavy atom. The van der Waals surface area contributed by atoms with Crippen molar-refractivity contribution in [3.8, 4) is 0 Å². The van der Waals surface area contributed by atoms with Crippen molar-refractivity contribution in [3.63, 3.8) is 0 Å². The zero-order chi connectivity index (χ0) is 14.5. The van der Waals surface area contributed by atoms with Gasteiger partial charge in [-0.3, -0.25) is 4.79 Å². The highest BCUT2D eigenvalue weighted by Gasteiger charge is 2.38. The first-order valence-electron chi connectivity index (χ1n) is 4.90. The van der Waals surface area contributed by atoms with Crippen LogP contribution >= 0.6 is 0 Å². The number of hydrogen-bond donors (Lipinski definition) is 3. The van der Waals surface area contributed by atoms with Crippen molar-refractivity contribution in [1.29, 1.82) is 0 Å². The predicted molar refractivity (Wildman–Crippen MR) is 52.7 cm³/mol. The van der Waals surface area contributed by atoms with Crippen molar-refractivity contribution in [3.05, 3.63) is 0 Å². The molecule has 1 rings (SSSR count). The number of carbonyl (C=O) groups excluding carboxylic acids is 1. The van der Waals surface area contributed by atoms with E-state index in [-0.39, 0.29) is 17.9 Å². The number of alkyl halides is 3. The summed E-state index contributed by atoms with van der Waals surface area (Å²) >= 11 is 0. The van der Waals surface area contributed by atoms with E-state index in [4.69, 9.17) is 9.90 Å². The molecule has 0 aromatic heterocycles. The van der Waals surface area contributed by atoms with E-state index in [9.17, 15) is 23.1 Å². The van der Waals surface area contributed by atoms with Gasteiger partial charge in [0.25, 0.3) is 0 Å². The monoisotopic (exact) mass is 273 g/mol. The molecule has 6 nitrogen and oxygen atoms in total. The molecule has 0 saturated carbocycles. The number of aliphatic hydroxyl groups is 1. The van der Waals surface area contributed by atoms with Gasteiger partial charge < -0.3 is 20.3 Å². The number of carboxylic acid groups (broad SMARTS) is 1. The van der Waals surface area contributed by atoms with Crippen LogP contribution in [-0.2, 0) is 14.3 Å². The maximum atomic E-state index is 11.0. The van der Waals surface area contributed by atoms with Gasteiger partial charge in [-0.2, -0.15) is 13.2 Å². The van der Waals surface area contributed by atoms with E-state index in [0.29, 0.717) is 6.54 Å². The third kappa shape index (κ3) is 4.88. The van der Waals surface area contributed by atoms with E-state index in [0.717, 1.165) is 0 Å². The summed E-state index contributed by atoms with van der Waals surface area (Å²) in [4.78, 5) is 19.9. The molecule has 1 aliphatic heterocycles. The zero-order valence-corrected chi connectivity index (χ0v) is 9.69. The quantitative estimate of drug-likeness (QED) is 0.571. The summed E-state index contributed by atoms with van der Waals surface area (Å²) in [5.41, 5.74) is 0. The van der Waals surface area contributed by atoms with Crippen LogP contribution in [0.5, 0.6) is 0 Å². The number of carbonyl (C=O) groups is 2. The summed E-state index contributed by atoms with van der Waals surface area (Å²) in [6.07, 6.45) is -5.51. The first-order valence-corrected chi connectivity index (χ1v) is 4.90. The molecule has 0 radical (unpaired) electrons. The summed E-state index contributed by atoms with van der Waals surface area (Å²) in [5, 5.41) is 19.2. The number of aliphatic carboxylic acids is 1. The van der Waals surface area contributed by atoms with Crippen molar-refractivity contribution in [2.45, 2.75) is 25.2 Å². The Hall–Kier alpha value is -1.35. The summed E-state index contributed by atoms with van der Waals surface area (Å²) in [6, 6.07) is -0.338. The molecule has 1 fully saturated rings. The molecular weight excluding hydrogens is 259 g/mol. The second kappa shape index (κ2) is 6.55. The van der Waals surface area contributed by atoms with Gasteiger partial charge in [0.1, 0.15) is 6.04 Å². The van der Waals surface area contributed by atoms with E-state index >= 15 is 0 Å². The van der Waals surface area contributed by atoms with E-state index in [1.165, 1.54) is 7.11 Å². The highest BCUT2D eigenvalue weighted by atomic mass is 19.4. The minimum atomic E-state index is -5.08. The number of hydrogen-bond acceptors (Lipinski definition) is 5. The first kappa shape index (κ1) is 16.6.